The first-order valence-corrected chi connectivity index (χ1v) is 16.9. The minimum atomic E-state index is -1.06. The third-order valence-corrected chi connectivity index (χ3v) is 9.23. The molecule has 0 aliphatic heterocycles. The number of benzene rings is 4. The van der Waals surface area contributed by atoms with Crippen LogP contribution in [0.4, 0.5) is 0 Å². The van der Waals surface area contributed by atoms with Crippen LogP contribution in [0.25, 0.3) is 10.9 Å². The summed E-state index contributed by atoms with van der Waals surface area (Å²) in [4.78, 5) is 52.6. The molecule has 0 spiro atoms. The second-order valence-corrected chi connectivity index (χ2v) is 12.9. The molecule has 0 saturated heterocycles. The Morgan fingerprint density at radius 3 is 1.92 bits per heavy atom. The van der Waals surface area contributed by atoms with Gasteiger partial charge in [-0.2, -0.15) is 12.6 Å². The Labute approximate surface area is 296 Å². The number of carbonyl (C=O) groups excluding carboxylic acids is 3. The second-order valence-electron chi connectivity index (χ2n) is 12.3. The molecule has 0 unspecified atom stereocenters. The van der Waals surface area contributed by atoms with E-state index in [1.54, 1.807) is 12.1 Å². The van der Waals surface area contributed by atoms with E-state index in [9.17, 15) is 24.3 Å². The van der Waals surface area contributed by atoms with Crippen molar-refractivity contribution in [2.75, 3.05) is 0 Å². The molecule has 0 aliphatic carbocycles. The molecular weight excluding hydrogens is 651 g/mol. The van der Waals surface area contributed by atoms with E-state index in [1.807, 2.05) is 103 Å². The van der Waals surface area contributed by atoms with Crippen LogP contribution in [0.1, 0.15) is 32.6 Å². The van der Waals surface area contributed by atoms with Crippen LogP contribution in [0.5, 0.6) is 0 Å². The summed E-state index contributed by atoms with van der Waals surface area (Å²) >= 11 is 4.54. The minimum Gasteiger partial charge on any atom is -0.478 e. The summed E-state index contributed by atoms with van der Waals surface area (Å²) < 4.78 is 1.96. The predicted octanol–water partition coefficient (Wildman–Crippen LogP) is 3.82. The molecule has 0 fully saturated rings. The van der Waals surface area contributed by atoms with Crippen molar-refractivity contribution in [1.82, 2.24) is 20.5 Å². The van der Waals surface area contributed by atoms with Crippen LogP contribution in [-0.2, 0) is 47.2 Å². The van der Waals surface area contributed by atoms with Gasteiger partial charge in [-0.3, -0.25) is 14.4 Å². The predicted molar refractivity (Wildman–Crippen MR) is 197 cm³/mol. The largest absolute Gasteiger partial charge is 0.478 e. The van der Waals surface area contributed by atoms with Gasteiger partial charge in [0.05, 0.1) is 10.8 Å². The standard InChI is InChI=1S/C39H41N5O5S/c1-44-24-29(30-14-8-9-15-34(30)44)22-33(43-38(47)35(50)31(40)20-26-16-18-28(19-17-26)39(48)49)37(46)42-32(21-25-10-4-2-5-11-25)36(45)41-23-27-12-6-3-7-13-27/h2-19,24,31-33,35,50H,20-23,40H2,1H3,(H,41,45)(H,42,46)(H,43,47)(H,48,49)/t31-,32-,33-,35-/m0/s1. The Morgan fingerprint density at radius 1 is 0.700 bits per heavy atom. The van der Waals surface area contributed by atoms with Gasteiger partial charge < -0.3 is 31.4 Å². The number of thiol groups is 1. The Balaban J connectivity index is 1.36. The number of carbonyl (C=O) groups is 4. The van der Waals surface area contributed by atoms with Crippen molar-refractivity contribution in [3.63, 3.8) is 0 Å². The molecule has 1 aromatic heterocycles. The molecule has 0 aliphatic rings. The fraction of sp³-hybridized carbons (Fsp3) is 0.231. The Morgan fingerprint density at radius 2 is 1.26 bits per heavy atom. The molecule has 4 atom stereocenters. The molecule has 5 rings (SSSR count). The average molecular weight is 692 g/mol. The highest BCUT2D eigenvalue weighted by atomic mass is 32.1. The number of rotatable bonds is 15. The normalized spacial score (nSPS) is 13.5. The van der Waals surface area contributed by atoms with E-state index < -0.39 is 41.2 Å². The molecule has 5 aromatic rings. The van der Waals surface area contributed by atoms with E-state index in [4.69, 9.17) is 5.73 Å². The maximum Gasteiger partial charge on any atom is 0.335 e. The molecular formula is C39H41N5O5S. The quantitative estimate of drug-likeness (QED) is 0.0918. The van der Waals surface area contributed by atoms with Crippen LogP contribution in [0.15, 0.2) is 115 Å². The van der Waals surface area contributed by atoms with Crippen LogP contribution in [-0.4, -0.2) is 56.7 Å². The molecule has 50 heavy (non-hydrogen) atoms. The van der Waals surface area contributed by atoms with Gasteiger partial charge >= 0.3 is 5.97 Å². The number of nitrogens with two attached hydrogens (primary N) is 1. The zero-order valence-electron chi connectivity index (χ0n) is 27.7. The van der Waals surface area contributed by atoms with E-state index >= 15 is 0 Å². The molecule has 6 N–H and O–H groups in total. The Kier molecular flexibility index (Phi) is 12.1. The van der Waals surface area contributed by atoms with Gasteiger partial charge in [-0.1, -0.05) is 91.0 Å². The molecule has 4 aromatic carbocycles. The fourth-order valence-corrected chi connectivity index (χ4v) is 6.06. The van der Waals surface area contributed by atoms with Gasteiger partial charge in [0, 0.05) is 49.6 Å². The number of carboxylic acid groups (broad SMARTS) is 1. The van der Waals surface area contributed by atoms with Gasteiger partial charge in [-0.25, -0.2) is 4.79 Å². The van der Waals surface area contributed by atoms with E-state index in [2.05, 4.69) is 28.6 Å². The first kappa shape index (κ1) is 35.9. The van der Waals surface area contributed by atoms with Crippen molar-refractivity contribution in [2.24, 2.45) is 12.8 Å². The maximum atomic E-state index is 14.2. The van der Waals surface area contributed by atoms with Crippen molar-refractivity contribution < 1.29 is 24.3 Å². The van der Waals surface area contributed by atoms with E-state index in [1.165, 1.54) is 12.1 Å². The lowest BCUT2D eigenvalue weighted by Crippen LogP contribution is -2.57. The number of hydrogen-bond acceptors (Lipinski definition) is 6. The third-order valence-electron chi connectivity index (χ3n) is 8.61. The molecule has 10 nitrogen and oxygen atoms in total. The molecule has 0 saturated carbocycles. The highest BCUT2D eigenvalue weighted by Gasteiger charge is 2.31. The summed E-state index contributed by atoms with van der Waals surface area (Å²) in [7, 11) is 1.91. The van der Waals surface area contributed by atoms with Crippen LogP contribution < -0.4 is 21.7 Å². The van der Waals surface area contributed by atoms with Crippen molar-refractivity contribution in [3.05, 3.63) is 143 Å². The number of nitrogens with zero attached hydrogens (tertiary/aromatic N) is 1. The summed E-state index contributed by atoms with van der Waals surface area (Å²) in [6.07, 6.45) is 2.57. The highest BCUT2D eigenvalue weighted by molar-refractivity contribution is 7.81. The number of aryl methyl sites for hydroxylation is 1. The number of aromatic carboxylic acids is 1. The minimum absolute atomic E-state index is 0.143. The van der Waals surface area contributed by atoms with Crippen molar-refractivity contribution in [3.8, 4) is 0 Å². The summed E-state index contributed by atoms with van der Waals surface area (Å²) in [5.74, 6) is -2.47. The molecule has 0 radical (unpaired) electrons. The molecule has 0 bridgehead atoms. The van der Waals surface area contributed by atoms with Crippen LogP contribution in [0.3, 0.4) is 0 Å². The van der Waals surface area contributed by atoms with Gasteiger partial charge in [-0.05, 0) is 46.9 Å². The number of aromatic nitrogens is 1. The third kappa shape index (κ3) is 9.40. The lowest BCUT2D eigenvalue weighted by Gasteiger charge is -2.26. The lowest BCUT2D eigenvalue weighted by molar-refractivity contribution is -0.132. The van der Waals surface area contributed by atoms with Gasteiger partial charge in [0.1, 0.15) is 12.1 Å². The van der Waals surface area contributed by atoms with Crippen LogP contribution in [0, 0.1) is 0 Å². The molecule has 3 amide bonds. The molecule has 258 valence electrons. The monoisotopic (exact) mass is 691 g/mol. The number of fused-ring (bicyclic) bond motifs is 1. The highest BCUT2D eigenvalue weighted by Crippen LogP contribution is 2.22. The summed E-state index contributed by atoms with van der Waals surface area (Å²) in [6.45, 7) is 0.287. The van der Waals surface area contributed by atoms with Gasteiger partial charge in [0.2, 0.25) is 17.7 Å². The topological polar surface area (TPSA) is 156 Å². The van der Waals surface area contributed by atoms with Crippen LogP contribution >= 0.6 is 12.6 Å². The Bertz CT molecular complexity index is 1930. The number of carboxylic acids is 1. The maximum absolute atomic E-state index is 14.2. The first-order chi connectivity index (χ1) is 24.1. The zero-order chi connectivity index (χ0) is 35.6. The molecule has 11 heteroatoms. The second kappa shape index (κ2) is 16.8. The molecule has 1 heterocycles. The fourth-order valence-electron chi connectivity index (χ4n) is 5.88. The number of amides is 3. The van der Waals surface area contributed by atoms with Gasteiger partial charge in [0.15, 0.2) is 0 Å². The first-order valence-electron chi connectivity index (χ1n) is 16.3. The number of para-hydroxylation sites is 1. The smallest absolute Gasteiger partial charge is 0.335 e. The van der Waals surface area contributed by atoms with Gasteiger partial charge in [0.25, 0.3) is 0 Å². The van der Waals surface area contributed by atoms with Crippen molar-refractivity contribution >= 4 is 47.2 Å². The number of hydrogen-bond donors (Lipinski definition) is 6. The lowest BCUT2D eigenvalue weighted by atomic mass is 10.00. The van der Waals surface area contributed by atoms with Crippen molar-refractivity contribution in [2.45, 2.75) is 49.2 Å². The SMILES string of the molecule is Cn1cc(C[C@H](NC(=O)[C@@H](S)[C@@H](N)Cc2ccc(C(=O)O)cc2)C(=O)N[C@@H](Cc2ccccc2)C(=O)NCc2ccccc2)c2ccccc21. The van der Waals surface area contributed by atoms with E-state index in [0.29, 0.717) is 0 Å². The average Bonchev–Trinajstić information content (AvgIpc) is 3.45. The van der Waals surface area contributed by atoms with Crippen LogP contribution in [0.2, 0.25) is 0 Å². The summed E-state index contributed by atoms with van der Waals surface area (Å²) in [6, 6.07) is 30.2. The summed E-state index contributed by atoms with van der Waals surface area (Å²) in [5, 5.41) is 17.9. The summed E-state index contributed by atoms with van der Waals surface area (Å²) in [5.41, 5.74) is 10.9. The zero-order valence-corrected chi connectivity index (χ0v) is 28.6. The van der Waals surface area contributed by atoms with Crippen molar-refractivity contribution in [1.29, 1.82) is 0 Å². The van der Waals surface area contributed by atoms with E-state index in [0.717, 1.165) is 33.2 Å². The Hall–Kier alpha value is -5.39. The number of nitrogens with one attached hydrogen (secondary N) is 3. The van der Waals surface area contributed by atoms with E-state index in [-0.39, 0.29) is 37.3 Å². The van der Waals surface area contributed by atoms with Gasteiger partial charge in [-0.15, -0.1) is 0 Å².